The second kappa shape index (κ2) is 6.28. The molecule has 0 atom stereocenters. The Morgan fingerprint density at radius 1 is 1.33 bits per heavy atom. The monoisotopic (exact) mass is 330 g/mol. The van der Waals surface area contributed by atoms with E-state index < -0.39 is 5.97 Å². The topological polar surface area (TPSA) is 71.8 Å². The molecule has 0 unspecified atom stereocenters. The van der Waals surface area contributed by atoms with Crippen LogP contribution in [0.15, 0.2) is 12.1 Å². The van der Waals surface area contributed by atoms with E-state index >= 15 is 0 Å². The number of aromatic nitrogens is 1. The number of hydrogen-bond acceptors (Lipinski definition) is 4. The van der Waals surface area contributed by atoms with Crippen LogP contribution in [-0.2, 0) is 29.0 Å². The molecule has 0 fully saturated rings. The van der Waals surface area contributed by atoms with Crippen LogP contribution in [0.2, 0.25) is 0 Å². The summed E-state index contributed by atoms with van der Waals surface area (Å²) in [4.78, 5) is 26.1. The number of methoxy groups -OCH3 is 1. The molecule has 0 spiro atoms. The fraction of sp³-hybridized carbons (Fsp3) is 0.444. The van der Waals surface area contributed by atoms with Gasteiger partial charge in [-0.15, -0.1) is 0 Å². The first-order valence-electron chi connectivity index (χ1n) is 8.13. The van der Waals surface area contributed by atoms with Crippen molar-refractivity contribution in [1.29, 1.82) is 0 Å². The van der Waals surface area contributed by atoms with Crippen LogP contribution in [0.3, 0.4) is 0 Å². The van der Waals surface area contributed by atoms with Crippen molar-refractivity contribution in [3.05, 3.63) is 34.5 Å². The van der Waals surface area contributed by atoms with Crippen molar-refractivity contribution in [3.63, 3.8) is 0 Å². The summed E-state index contributed by atoms with van der Waals surface area (Å²) in [5.41, 5.74) is 3.78. The molecule has 6 heteroatoms. The number of likely N-dealkylation sites (N-methyl/N-ethyl adjacent to an activating group) is 1. The van der Waals surface area contributed by atoms with Gasteiger partial charge in [0.15, 0.2) is 0 Å². The normalized spacial score (nSPS) is 14.6. The number of aromatic carboxylic acids is 1. The highest BCUT2D eigenvalue weighted by Gasteiger charge is 2.27. The molecule has 1 aromatic carbocycles. The van der Waals surface area contributed by atoms with Gasteiger partial charge in [0.1, 0.15) is 6.54 Å². The third-order valence-electron chi connectivity index (χ3n) is 4.88. The zero-order valence-corrected chi connectivity index (χ0v) is 14.3. The van der Waals surface area contributed by atoms with Gasteiger partial charge in [-0.3, -0.25) is 9.69 Å². The first-order chi connectivity index (χ1) is 11.5. The number of carbonyl (C=O) groups is 2. The average molecular weight is 330 g/mol. The van der Waals surface area contributed by atoms with Crippen LogP contribution in [0.1, 0.15) is 34.1 Å². The highest BCUT2D eigenvalue weighted by atomic mass is 16.5. The number of hydrogen-bond donors (Lipinski definition) is 1. The van der Waals surface area contributed by atoms with E-state index in [-0.39, 0.29) is 18.1 Å². The Kier molecular flexibility index (Phi) is 4.32. The minimum Gasteiger partial charge on any atom is -0.478 e. The van der Waals surface area contributed by atoms with Crippen molar-refractivity contribution in [3.8, 4) is 0 Å². The van der Waals surface area contributed by atoms with Crippen LogP contribution < -0.4 is 0 Å². The Balaban J connectivity index is 2.31. The second-order valence-corrected chi connectivity index (χ2v) is 6.17. The summed E-state index contributed by atoms with van der Waals surface area (Å²) in [6.45, 7) is 6.57. The molecule has 0 bridgehead atoms. The van der Waals surface area contributed by atoms with Gasteiger partial charge in [-0.05, 0) is 24.6 Å². The van der Waals surface area contributed by atoms with Gasteiger partial charge in [-0.25, -0.2) is 4.79 Å². The van der Waals surface area contributed by atoms with Crippen molar-refractivity contribution < 1.29 is 19.4 Å². The lowest BCUT2D eigenvalue weighted by Crippen LogP contribution is -2.31. The number of carboxylic acids is 1. The summed E-state index contributed by atoms with van der Waals surface area (Å²) >= 11 is 0. The second-order valence-electron chi connectivity index (χ2n) is 6.17. The summed E-state index contributed by atoms with van der Waals surface area (Å²) in [6.07, 6.45) is 0.799. The van der Waals surface area contributed by atoms with Crippen LogP contribution in [0.4, 0.5) is 0 Å². The SMILES string of the molecule is CCN1CCc2c(c3ccc(C)c(C(=O)O)c3n2CC(=O)OC)C1. The highest BCUT2D eigenvalue weighted by Crippen LogP contribution is 2.34. The highest BCUT2D eigenvalue weighted by molar-refractivity contribution is 6.05. The van der Waals surface area contributed by atoms with Gasteiger partial charge in [0.2, 0.25) is 0 Å². The van der Waals surface area contributed by atoms with Crippen LogP contribution in [0, 0.1) is 6.92 Å². The van der Waals surface area contributed by atoms with Gasteiger partial charge in [0, 0.05) is 30.6 Å². The molecule has 24 heavy (non-hydrogen) atoms. The first-order valence-corrected chi connectivity index (χ1v) is 8.13. The van der Waals surface area contributed by atoms with Crippen molar-refractivity contribution >= 4 is 22.8 Å². The molecule has 6 nitrogen and oxygen atoms in total. The van der Waals surface area contributed by atoms with E-state index in [1.54, 1.807) is 6.92 Å². The third kappa shape index (κ3) is 2.57. The average Bonchev–Trinajstić information content (AvgIpc) is 2.87. The van der Waals surface area contributed by atoms with E-state index in [1.807, 2.05) is 16.7 Å². The molecular formula is C18H22N2O4. The zero-order chi connectivity index (χ0) is 17.4. The number of carboxylic acid groups (broad SMARTS) is 1. The molecule has 0 radical (unpaired) electrons. The Hall–Kier alpha value is -2.34. The molecule has 2 aromatic rings. The Labute approximate surface area is 140 Å². The number of esters is 1. The zero-order valence-electron chi connectivity index (χ0n) is 14.3. The molecule has 0 saturated heterocycles. The van der Waals surface area contributed by atoms with E-state index in [9.17, 15) is 14.7 Å². The summed E-state index contributed by atoms with van der Waals surface area (Å²) in [5.74, 6) is -1.34. The smallest absolute Gasteiger partial charge is 0.338 e. The molecule has 2 heterocycles. The maximum atomic E-state index is 11.9. The Bertz CT molecular complexity index is 822. The van der Waals surface area contributed by atoms with Gasteiger partial charge in [-0.1, -0.05) is 19.1 Å². The van der Waals surface area contributed by atoms with Gasteiger partial charge < -0.3 is 14.4 Å². The van der Waals surface area contributed by atoms with E-state index in [0.717, 1.165) is 42.7 Å². The van der Waals surface area contributed by atoms with Crippen molar-refractivity contribution in [2.75, 3.05) is 20.2 Å². The number of aryl methyl sites for hydroxylation is 1. The number of ether oxygens (including phenoxy) is 1. The molecule has 128 valence electrons. The summed E-state index contributed by atoms with van der Waals surface area (Å²) in [6, 6.07) is 3.82. The summed E-state index contributed by atoms with van der Waals surface area (Å²) in [5, 5.41) is 10.6. The van der Waals surface area contributed by atoms with Gasteiger partial charge in [-0.2, -0.15) is 0 Å². The lowest BCUT2D eigenvalue weighted by atomic mass is 10.0. The fourth-order valence-electron chi connectivity index (χ4n) is 3.61. The Morgan fingerprint density at radius 3 is 2.71 bits per heavy atom. The van der Waals surface area contributed by atoms with Crippen molar-refractivity contribution in [2.24, 2.45) is 0 Å². The van der Waals surface area contributed by atoms with Crippen LogP contribution in [-0.4, -0.2) is 46.7 Å². The lowest BCUT2D eigenvalue weighted by Gasteiger charge is -2.26. The minimum atomic E-state index is -0.966. The molecule has 3 rings (SSSR count). The standard InChI is InChI=1S/C18H22N2O4/c1-4-19-8-7-14-13(9-19)12-6-5-11(2)16(18(22)23)17(12)20(14)10-15(21)24-3/h5-6H,4,7-10H2,1-3H3,(H,22,23). The molecule has 1 aliphatic heterocycles. The maximum Gasteiger partial charge on any atom is 0.338 e. The van der Waals surface area contributed by atoms with Crippen LogP contribution in [0.5, 0.6) is 0 Å². The predicted octanol–water partition coefficient (Wildman–Crippen LogP) is 2.20. The van der Waals surface area contributed by atoms with Crippen LogP contribution in [0.25, 0.3) is 10.9 Å². The van der Waals surface area contributed by atoms with E-state index in [4.69, 9.17) is 4.74 Å². The fourth-order valence-corrected chi connectivity index (χ4v) is 3.61. The van der Waals surface area contributed by atoms with Gasteiger partial charge in [0.05, 0.1) is 18.2 Å². The van der Waals surface area contributed by atoms with E-state index in [2.05, 4.69) is 11.8 Å². The predicted molar refractivity (Wildman–Crippen MR) is 90.3 cm³/mol. The molecule has 0 saturated carbocycles. The third-order valence-corrected chi connectivity index (χ3v) is 4.88. The minimum absolute atomic E-state index is 0.0399. The largest absolute Gasteiger partial charge is 0.478 e. The molecule has 0 aliphatic carbocycles. The first kappa shape index (κ1) is 16.5. The van der Waals surface area contributed by atoms with Gasteiger partial charge in [0.25, 0.3) is 0 Å². The van der Waals surface area contributed by atoms with Crippen molar-refractivity contribution in [1.82, 2.24) is 9.47 Å². The number of rotatable bonds is 4. The summed E-state index contributed by atoms with van der Waals surface area (Å²) in [7, 11) is 1.35. The molecule has 1 N–H and O–H groups in total. The van der Waals surface area contributed by atoms with Crippen molar-refractivity contribution in [2.45, 2.75) is 33.4 Å². The van der Waals surface area contributed by atoms with Crippen LogP contribution >= 0.6 is 0 Å². The number of carbonyl (C=O) groups excluding carboxylic acids is 1. The van der Waals surface area contributed by atoms with E-state index in [0.29, 0.717) is 11.1 Å². The summed E-state index contributed by atoms with van der Waals surface area (Å²) < 4.78 is 6.67. The van der Waals surface area contributed by atoms with E-state index in [1.165, 1.54) is 7.11 Å². The van der Waals surface area contributed by atoms with Gasteiger partial charge >= 0.3 is 11.9 Å². The molecule has 1 aliphatic rings. The number of fused-ring (bicyclic) bond motifs is 3. The molecule has 1 aromatic heterocycles. The number of benzene rings is 1. The maximum absolute atomic E-state index is 11.9. The molecule has 0 amide bonds. The Morgan fingerprint density at radius 2 is 2.08 bits per heavy atom. The lowest BCUT2D eigenvalue weighted by molar-refractivity contribution is -0.141. The number of nitrogens with zero attached hydrogens (tertiary/aromatic N) is 2. The molecular weight excluding hydrogens is 308 g/mol. The quantitative estimate of drug-likeness (QED) is 0.870.